The van der Waals surface area contributed by atoms with Crippen molar-refractivity contribution in [2.24, 2.45) is 0 Å². The van der Waals surface area contributed by atoms with Crippen LogP contribution in [0.2, 0.25) is 0 Å². The van der Waals surface area contributed by atoms with Gasteiger partial charge >= 0.3 is 5.97 Å². The number of benzene rings is 1. The lowest BCUT2D eigenvalue weighted by molar-refractivity contribution is -0.142. The highest BCUT2D eigenvalue weighted by Gasteiger charge is 2.30. The molecule has 0 spiro atoms. The van der Waals surface area contributed by atoms with Crippen LogP contribution in [0.4, 0.5) is 0 Å². The van der Waals surface area contributed by atoms with Crippen LogP contribution in [0.1, 0.15) is 24.0 Å². The van der Waals surface area contributed by atoms with Gasteiger partial charge in [-0.2, -0.15) is 0 Å². The Morgan fingerprint density at radius 1 is 1.59 bits per heavy atom. The quantitative estimate of drug-likeness (QED) is 0.933. The molecular formula is C13H16BrNO2. The fourth-order valence-corrected chi connectivity index (χ4v) is 2.74. The standard InChI is InChI=1S/C13H16BrNO2/c1-9-10(4-2-5-11(9)14)8-15-7-3-6-12(15)13(16)17/h2,4-5,12H,3,6-8H2,1H3,(H,16,17)/t12-/m0/s1. The van der Waals surface area contributed by atoms with E-state index in [2.05, 4.69) is 33.8 Å². The van der Waals surface area contributed by atoms with Crippen molar-refractivity contribution >= 4 is 21.9 Å². The number of rotatable bonds is 3. The molecule has 0 amide bonds. The molecule has 1 aliphatic heterocycles. The van der Waals surface area contributed by atoms with E-state index in [4.69, 9.17) is 5.11 Å². The molecule has 3 nitrogen and oxygen atoms in total. The van der Waals surface area contributed by atoms with E-state index in [9.17, 15) is 4.79 Å². The predicted octanol–water partition coefficient (Wildman–Crippen LogP) is 2.81. The smallest absolute Gasteiger partial charge is 0.320 e. The molecule has 4 heteroatoms. The van der Waals surface area contributed by atoms with Crippen LogP contribution in [0.3, 0.4) is 0 Å². The Balaban J connectivity index is 2.15. The number of hydrogen-bond acceptors (Lipinski definition) is 2. The summed E-state index contributed by atoms with van der Waals surface area (Å²) in [6.45, 7) is 3.66. The number of halogens is 1. The number of carboxylic acid groups (broad SMARTS) is 1. The zero-order valence-corrected chi connectivity index (χ0v) is 11.4. The molecule has 92 valence electrons. The van der Waals surface area contributed by atoms with Crippen LogP contribution in [0, 0.1) is 6.92 Å². The van der Waals surface area contributed by atoms with E-state index >= 15 is 0 Å². The summed E-state index contributed by atoms with van der Waals surface area (Å²) < 4.78 is 1.08. The third-order valence-corrected chi connectivity index (χ3v) is 4.26. The van der Waals surface area contributed by atoms with Crippen LogP contribution >= 0.6 is 15.9 Å². The summed E-state index contributed by atoms with van der Waals surface area (Å²) in [5.74, 6) is -0.699. The maximum atomic E-state index is 11.1. The second-order valence-electron chi connectivity index (χ2n) is 4.49. The van der Waals surface area contributed by atoms with Crippen LogP contribution in [-0.4, -0.2) is 28.6 Å². The fraction of sp³-hybridized carbons (Fsp3) is 0.462. The minimum atomic E-state index is -0.699. The summed E-state index contributed by atoms with van der Waals surface area (Å²) in [6.07, 6.45) is 1.74. The lowest BCUT2D eigenvalue weighted by atomic mass is 10.1. The molecule has 17 heavy (non-hydrogen) atoms. The highest BCUT2D eigenvalue weighted by atomic mass is 79.9. The van der Waals surface area contributed by atoms with Crippen molar-refractivity contribution < 1.29 is 9.90 Å². The zero-order chi connectivity index (χ0) is 12.4. The number of hydrogen-bond donors (Lipinski definition) is 1. The largest absolute Gasteiger partial charge is 0.480 e. The van der Waals surface area contributed by atoms with E-state index in [1.54, 1.807) is 0 Å². The minimum Gasteiger partial charge on any atom is -0.480 e. The molecule has 0 unspecified atom stereocenters. The fourth-order valence-electron chi connectivity index (χ4n) is 2.34. The first kappa shape index (κ1) is 12.6. The van der Waals surface area contributed by atoms with Gasteiger partial charge in [0.05, 0.1) is 0 Å². The molecule has 0 saturated carbocycles. The van der Waals surface area contributed by atoms with Crippen molar-refractivity contribution in [2.45, 2.75) is 32.4 Å². The summed E-state index contributed by atoms with van der Waals surface area (Å²) >= 11 is 3.50. The second kappa shape index (κ2) is 5.19. The number of carbonyl (C=O) groups is 1. The summed E-state index contributed by atoms with van der Waals surface area (Å²) in [5, 5.41) is 9.13. The molecule has 0 aliphatic carbocycles. The summed E-state index contributed by atoms with van der Waals surface area (Å²) in [5.41, 5.74) is 2.40. The van der Waals surface area contributed by atoms with E-state index in [1.807, 2.05) is 12.1 Å². The molecule has 1 heterocycles. The van der Waals surface area contributed by atoms with Gasteiger partial charge < -0.3 is 5.11 Å². The van der Waals surface area contributed by atoms with Gasteiger partial charge in [-0.15, -0.1) is 0 Å². The molecular weight excluding hydrogens is 282 g/mol. The molecule has 1 aromatic carbocycles. The molecule has 1 aromatic rings. The third kappa shape index (κ3) is 2.69. The Labute approximate surface area is 110 Å². The number of nitrogens with zero attached hydrogens (tertiary/aromatic N) is 1. The molecule has 0 radical (unpaired) electrons. The summed E-state index contributed by atoms with van der Waals surface area (Å²) in [4.78, 5) is 13.2. The maximum absolute atomic E-state index is 11.1. The first-order chi connectivity index (χ1) is 8.09. The van der Waals surface area contributed by atoms with Gasteiger partial charge in [-0.3, -0.25) is 9.69 Å². The van der Waals surface area contributed by atoms with Gasteiger partial charge in [0.1, 0.15) is 6.04 Å². The number of likely N-dealkylation sites (tertiary alicyclic amines) is 1. The van der Waals surface area contributed by atoms with Gasteiger partial charge in [-0.05, 0) is 43.5 Å². The van der Waals surface area contributed by atoms with Gasteiger partial charge in [0.15, 0.2) is 0 Å². The van der Waals surface area contributed by atoms with Crippen LogP contribution in [0.15, 0.2) is 22.7 Å². The number of aliphatic carboxylic acids is 1. The first-order valence-corrected chi connectivity index (χ1v) is 6.59. The van der Waals surface area contributed by atoms with E-state index in [-0.39, 0.29) is 6.04 Å². The van der Waals surface area contributed by atoms with Crippen molar-refractivity contribution in [1.29, 1.82) is 0 Å². The average Bonchev–Trinajstić information content (AvgIpc) is 2.73. The van der Waals surface area contributed by atoms with E-state index in [0.717, 1.165) is 30.4 Å². The first-order valence-electron chi connectivity index (χ1n) is 5.80. The van der Waals surface area contributed by atoms with E-state index < -0.39 is 5.97 Å². The highest BCUT2D eigenvalue weighted by Crippen LogP contribution is 2.24. The average molecular weight is 298 g/mol. The van der Waals surface area contributed by atoms with Gasteiger partial charge in [0, 0.05) is 11.0 Å². The topological polar surface area (TPSA) is 40.5 Å². The van der Waals surface area contributed by atoms with Crippen molar-refractivity contribution in [3.05, 3.63) is 33.8 Å². The van der Waals surface area contributed by atoms with Gasteiger partial charge in [0.2, 0.25) is 0 Å². The van der Waals surface area contributed by atoms with Crippen LogP contribution < -0.4 is 0 Å². The van der Waals surface area contributed by atoms with E-state index in [0.29, 0.717) is 0 Å². The van der Waals surface area contributed by atoms with Crippen molar-refractivity contribution in [1.82, 2.24) is 4.90 Å². The molecule has 1 aliphatic rings. The van der Waals surface area contributed by atoms with Crippen molar-refractivity contribution in [3.63, 3.8) is 0 Å². The monoisotopic (exact) mass is 297 g/mol. The zero-order valence-electron chi connectivity index (χ0n) is 9.82. The summed E-state index contributed by atoms with van der Waals surface area (Å²) in [7, 11) is 0. The second-order valence-corrected chi connectivity index (χ2v) is 5.35. The van der Waals surface area contributed by atoms with Gasteiger partial charge in [-0.25, -0.2) is 0 Å². The molecule has 0 aromatic heterocycles. The van der Waals surface area contributed by atoms with Crippen molar-refractivity contribution in [2.75, 3.05) is 6.54 Å². The molecule has 1 atom stereocenters. The SMILES string of the molecule is Cc1c(Br)cccc1CN1CCC[C@H]1C(=O)O. The number of carboxylic acids is 1. The van der Waals surface area contributed by atoms with Gasteiger partial charge in [-0.1, -0.05) is 28.1 Å². The van der Waals surface area contributed by atoms with Gasteiger partial charge in [0.25, 0.3) is 0 Å². The normalized spacial score (nSPS) is 20.7. The minimum absolute atomic E-state index is 0.312. The van der Waals surface area contributed by atoms with Crippen LogP contribution in [0.5, 0.6) is 0 Å². The maximum Gasteiger partial charge on any atom is 0.320 e. The molecule has 1 N–H and O–H groups in total. The lowest BCUT2D eigenvalue weighted by Crippen LogP contribution is -2.35. The molecule has 0 bridgehead atoms. The van der Waals surface area contributed by atoms with Crippen LogP contribution in [-0.2, 0) is 11.3 Å². The molecule has 1 fully saturated rings. The Morgan fingerprint density at radius 3 is 3.06 bits per heavy atom. The predicted molar refractivity (Wildman–Crippen MR) is 69.9 cm³/mol. The van der Waals surface area contributed by atoms with E-state index in [1.165, 1.54) is 11.1 Å². The Hall–Kier alpha value is -0.870. The Kier molecular flexibility index (Phi) is 3.84. The molecule has 1 saturated heterocycles. The van der Waals surface area contributed by atoms with Crippen LogP contribution in [0.25, 0.3) is 0 Å². The Morgan fingerprint density at radius 2 is 2.35 bits per heavy atom. The Bertz CT molecular complexity index is 433. The highest BCUT2D eigenvalue weighted by molar-refractivity contribution is 9.10. The third-order valence-electron chi connectivity index (χ3n) is 3.40. The lowest BCUT2D eigenvalue weighted by Gasteiger charge is -2.22. The van der Waals surface area contributed by atoms with Crippen molar-refractivity contribution in [3.8, 4) is 0 Å². The molecule has 2 rings (SSSR count). The summed E-state index contributed by atoms with van der Waals surface area (Å²) in [6, 6.07) is 5.76.